The molecule has 0 saturated carbocycles. The van der Waals surface area contributed by atoms with Crippen molar-refractivity contribution >= 4 is 11.6 Å². The van der Waals surface area contributed by atoms with Gasteiger partial charge in [0, 0.05) is 24.5 Å². The molecule has 0 atom stereocenters. The Kier molecular flexibility index (Phi) is 4.07. The van der Waals surface area contributed by atoms with Crippen molar-refractivity contribution in [3.8, 4) is 5.88 Å². The maximum atomic E-state index is 12.0. The van der Waals surface area contributed by atoms with Crippen LogP contribution >= 0.6 is 0 Å². The van der Waals surface area contributed by atoms with Gasteiger partial charge in [-0.2, -0.15) is 0 Å². The molecule has 0 bridgehead atoms. The molecule has 2 aromatic rings. The first-order valence-electron chi connectivity index (χ1n) is 5.90. The Hall–Kier alpha value is -2.43. The van der Waals surface area contributed by atoms with E-state index >= 15 is 0 Å². The highest BCUT2D eigenvalue weighted by molar-refractivity contribution is 5.93. The molecular weight excluding hydrogens is 242 g/mol. The number of aryl methyl sites for hydroxylation is 1. The summed E-state index contributed by atoms with van der Waals surface area (Å²) in [6.07, 6.45) is 1.41. The normalized spacial score (nSPS) is 10.0. The van der Waals surface area contributed by atoms with Crippen LogP contribution in [0.5, 0.6) is 5.88 Å². The summed E-state index contributed by atoms with van der Waals surface area (Å²) in [6.45, 7) is 1.79. The largest absolute Gasteiger partial charge is 0.467 e. The van der Waals surface area contributed by atoms with Crippen LogP contribution < -0.4 is 9.64 Å². The van der Waals surface area contributed by atoms with E-state index in [9.17, 15) is 4.79 Å². The van der Waals surface area contributed by atoms with Gasteiger partial charge in [-0.25, -0.2) is 9.97 Å². The number of anilines is 1. The van der Waals surface area contributed by atoms with E-state index in [1.54, 1.807) is 18.0 Å². The topological polar surface area (TPSA) is 55.3 Å². The minimum absolute atomic E-state index is 0.0537. The van der Waals surface area contributed by atoms with Crippen LogP contribution in [0.3, 0.4) is 0 Å². The molecule has 0 aliphatic carbocycles. The molecule has 0 N–H and O–H groups in total. The lowest BCUT2D eigenvalue weighted by atomic mass is 10.3. The fourth-order valence-electron chi connectivity index (χ4n) is 1.54. The third kappa shape index (κ3) is 3.51. The molecule has 0 unspecified atom stereocenters. The van der Waals surface area contributed by atoms with E-state index in [0.717, 1.165) is 11.4 Å². The lowest BCUT2D eigenvalue weighted by Crippen LogP contribution is -2.31. The summed E-state index contributed by atoms with van der Waals surface area (Å²) in [4.78, 5) is 21.4. The van der Waals surface area contributed by atoms with Crippen molar-refractivity contribution in [1.29, 1.82) is 0 Å². The molecule has 5 heteroatoms. The van der Waals surface area contributed by atoms with Crippen molar-refractivity contribution in [3.05, 3.63) is 48.4 Å². The minimum atomic E-state index is -0.137. The van der Waals surface area contributed by atoms with E-state index in [0.29, 0.717) is 5.88 Å². The van der Waals surface area contributed by atoms with Gasteiger partial charge in [0.2, 0.25) is 5.88 Å². The second kappa shape index (κ2) is 5.95. The average molecular weight is 257 g/mol. The van der Waals surface area contributed by atoms with E-state index < -0.39 is 0 Å². The zero-order chi connectivity index (χ0) is 13.7. The summed E-state index contributed by atoms with van der Waals surface area (Å²) in [5.74, 6) is 0.268. The molecule has 1 aromatic carbocycles. The molecule has 0 aliphatic rings. The van der Waals surface area contributed by atoms with Gasteiger partial charge in [0.25, 0.3) is 5.91 Å². The Bertz CT molecular complexity index is 558. The summed E-state index contributed by atoms with van der Waals surface area (Å²) in [7, 11) is 1.71. The molecule has 1 heterocycles. The standard InChI is InChI=1S/C14H15N3O2/c1-11-8-13(16-10-15-11)19-9-14(18)17(2)12-6-4-3-5-7-12/h3-8,10H,9H2,1-2H3. The highest BCUT2D eigenvalue weighted by atomic mass is 16.5. The molecule has 0 aliphatic heterocycles. The smallest absolute Gasteiger partial charge is 0.264 e. The van der Waals surface area contributed by atoms with Crippen molar-refractivity contribution in [2.75, 3.05) is 18.6 Å². The van der Waals surface area contributed by atoms with Gasteiger partial charge in [0.15, 0.2) is 6.61 Å². The number of aromatic nitrogens is 2. The Labute approximate surface area is 111 Å². The summed E-state index contributed by atoms with van der Waals surface area (Å²) in [6, 6.07) is 11.1. The zero-order valence-corrected chi connectivity index (χ0v) is 10.9. The lowest BCUT2D eigenvalue weighted by Gasteiger charge is -2.17. The molecule has 98 valence electrons. The third-order valence-electron chi connectivity index (χ3n) is 2.64. The van der Waals surface area contributed by atoms with Gasteiger partial charge in [-0.3, -0.25) is 4.79 Å². The van der Waals surface area contributed by atoms with E-state index in [1.165, 1.54) is 6.33 Å². The number of carbonyl (C=O) groups is 1. The zero-order valence-electron chi connectivity index (χ0n) is 10.9. The van der Waals surface area contributed by atoms with E-state index in [4.69, 9.17) is 4.74 Å². The average Bonchev–Trinajstić information content (AvgIpc) is 2.45. The van der Waals surface area contributed by atoms with Gasteiger partial charge in [-0.15, -0.1) is 0 Å². The molecule has 1 amide bonds. The van der Waals surface area contributed by atoms with Crippen LogP contribution in [-0.2, 0) is 4.79 Å². The highest BCUT2D eigenvalue weighted by Gasteiger charge is 2.11. The summed E-state index contributed by atoms with van der Waals surface area (Å²) in [5, 5.41) is 0. The Morgan fingerprint density at radius 3 is 2.68 bits per heavy atom. The van der Waals surface area contributed by atoms with Gasteiger partial charge in [-0.1, -0.05) is 18.2 Å². The number of amides is 1. The maximum Gasteiger partial charge on any atom is 0.264 e. The first-order chi connectivity index (χ1) is 9.16. The SMILES string of the molecule is Cc1cc(OCC(=O)N(C)c2ccccc2)ncn1. The molecule has 5 nitrogen and oxygen atoms in total. The number of carbonyl (C=O) groups excluding carboxylic acids is 1. The molecule has 0 saturated heterocycles. The number of benzene rings is 1. The van der Waals surface area contributed by atoms with Crippen LogP contribution in [0.2, 0.25) is 0 Å². The number of likely N-dealkylation sites (N-methyl/N-ethyl adjacent to an activating group) is 1. The van der Waals surface area contributed by atoms with Gasteiger partial charge in [0.05, 0.1) is 0 Å². The first kappa shape index (κ1) is 13.0. The Morgan fingerprint density at radius 2 is 2.00 bits per heavy atom. The van der Waals surface area contributed by atoms with Gasteiger partial charge in [0.1, 0.15) is 6.33 Å². The lowest BCUT2D eigenvalue weighted by molar-refractivity contribution is -0.120. The van der Waals surface area contributed by atoms with Crippen molar-refractivity contribution in [2.24, 2.45) is 0 Å². The van der Waals surface area contributed by atoms with E-state index in [1.807, 2.05) is 37.3 Å². The van der Waals surface area contributed by atoms with Crippen LogP contribution in [0.4, 0.5) is 5.69 Å². The van der Waals surface area contributed by atoms with Crippen LogP contribution in [0.15, 0.2) is 42.7 Å². The first-order valence-corrected chi connectivity index (χ1v) is 5.90. The summed E-state index contributed by atoms with van der Waals surface area (Å²) in [5.41, 5.74) is 1.63. The summed E-state index contributed by atoms with van der Waals surface area (Å²) < 4.78 is 5.35. The van der Waals surface area contributed by atoms with Crippen LogP contribution in [0.25, 0.3) is 0 Å². The fraction of sp³-hybridized carbons (Fsp3) is 0.214. The fourth-order valence-corrected chi connectivity index (χ4v) is 1.54. The molecule has 19 heavy (non-hydrogen) atoms. The van der Waals surface area contributed by atoms with Crippen LogP contribution in [0.1, 0.15) is 5.69 Å². The monoisotopic (exact) mass is 257 g/mol. The number of para-hydroxylation sites is 1. The van der Waals surface area contributed by atoms with Gasteiger partial charge < -0.3 is 9.64 Å². The van der Waals surface area contributed by atoms with Crippen LogP contribution in [0, 0.1) is 6.92 Å². The highest BCUT2D eigenvalue weighted by Crippen LogP contribution is 2.12. The van der Waals surface area contributed by atoms with E-state index in [2.05, 4.69) is 9.97 Å². The Balaban J connectivity index is 1.95. The Morgan fingerprint density at radius 1 is 1.26 bits per heavy atom. The molecule has 0 radical (unpaired) electrons. The molecule has 1 aromatic heterocycles. The van der Waals surface area contributed by atoms with Crippen molar-refractivity contribution < 1.29 is 9.53 Å². The predicted molar refractivity (Wildman–Crippen MR) is 72.1 cm³/mol. The molecule has 0 spiro atoms. The maximum absolute atomic E-state index is 12.0. The van der Waals surface area contributed by atoms with Gasteiger partial charge >= 0.3 is 0 Å². The van der Waals surface area contributed by atoms with Crippen molar-refractivity contribution in [1.82, 2.24) is 9.97 Å². The van der Waals surface area contributed by atoms with Crippen LogP contribution in [-0.4, -0.2) is 29.5 Å². The van der Waals surface area contributed by atoms with E-state index in [-0.39, 0.29) is 12.5 Å². The number of hydrogen-bond donors (Lipinski definition) is 0. The number of rotatable bonds is 4. The second-order valence-corrected chi connectivity index (χ2v) is 4.07. The molecule has 0 fully saturated rings. The number of ether oxygens (including phenoxy) is 1. The van der Waals surface area contributed by atoms with Crippen molar-refractivity contribution in [2.45, 2.75) is 6.92 Å². The number of hydrogen-bond acceptors (Lipinski definition) is 4. The number of nitrogens with zero attached hydrogens (tertiary/aromatic N) is 3. The van der Waals surface area contributed by atoms with Gasteiger partial charge in [-0.05, 0) is 19.1 Å². The quantitative estimate of drug-likeness (QED) is 0.838. The molecule has 2 rings (SSSR count). The third-order valence-corrected chi connectivity index (χ3v) is 2.64. The second-order valence-electron chi connectivity index (χ2n) is 4.07. The summed E-state index contributed by atoms with van der Waals surface area (Å²) >= 11 is 0. The predicted octanol–water partition coefficient (Wildman–Crippen LogP) is 1.83. The minimum Gasteiger partial charge on any atom is -0.467 e. The molecular formula is C14H15N3O2. The van der Waals surface area contributed by atoms with Crippen molar-refractivity contribution in [3.63, 3.8) is 0 Å².